The second-order valence-electron chi connectivity index (χ2n) is 3.14. The Hall–Kier alpha value is -1.53. The fraction of sp³-hybridized carbons (Fsp3) is 0.500. The summed E-state index contributed by atoms with van der Waals surface area (Å²) in [7, 11) is 1.13. The van der Waals surface area contributed by atoms with Gasteiger partial charge in [-0.25, -0.2) is 0 Å². The van der Waals surface area contributed by atoms with Crippen molar-refractivity contribution in [2.24, 2.45) is 7.05 Å². The number of nitrogens with zero attached hydrogens (tertiary/aromatic N) is 2. The minimum absolute atomic E-state index is 0.0997. The van der Waals surface area contributed by atoms with Crippen molar-refractivity contribution in [2.45, 2.75) is 19.0 Å². The number of aliphatic carboxylic acids is 1. The van der Waals surface area contributed by atoms with Crippen molar-refractivity contribution < 1.29 is 23.1 Å². The Labute approximate surface area is 83.3 Å². The van der Waals surface area contributed by atoms with Crippen molar-refractivity contribution in [3.05, 3.63) is 17.5 Å². The quantitative estimate of drug-likeness (QED) is 0.827. The van der Waals surface area contributed by atoms with Gasteiger partial charge in [0, 0.05) is 7.05 Å². The molecule has 1 unspecified atom stereocenters. The van der Waals surface area contributed by atoms with Gasteiger partial charge >= 0.3 is 12.1 Å². The van der Waals surface area contributed by atoms with Gasteiger partial charge in [-0.15, -0.1) is 0 Å². The molecule has 1 atom stereocenters. The number of aryl methyl sites for hydroxylation is 1. The monoisotopic (exact) mass is 222 g/mol. The molecule has 1 aromatic heterocycles. The maximum absolute atomic E-state index is 12.3. The van der Waals surface area contributed by atoms with E-state index in [-0.39, 0.29) is 5.69 Å². The van der Waals surface area contributed by atoms with Crippen molar-refractivity contribution in [3.63, 3.8) is 0 Å². The molecule has 0 aliphatic heterocycles. The average molecular weight is 222 g/mol. The number of hydrogen-bond donors (Lipinski definition) is 1. The Balaban J connectivity index is 3.11. The van der Waals surface area contributed by atoms with Gasteiger partial charge in [0.1, 0.15) is 5.69 Å². The van der Waals surface area contributed by atoms with Gasteiger partial charge in [0.05, 0.1) is 11.6 Å². The zero-order valence-corrected chi connectivity index (χ0v) is 8.04. The number of aromatic nitrogens is 2. The van der Waals surface area contributed by atoms with Crippen LogP contribution >= 0.6 is 0 Å². The van der Waals surface area contributed by atoms with Crippen molar-refractivity contribution in [3.8, 4) is 0 Å². The van der Waals surface area contributed by atoms with Crippen LogP contribution in [-0.4, -0.2) is 20.9 Å². The first-order valence-electron chi connectivity index (χ1n) is 4.07. The van der Waals surface area contributed by atoms with Crippen LogP contribution in [0.4, 0.5) is 13.2 Å². The number of rotatable bonds is 2. The average Bonchev–Trinajstić information content (AvgIpc) is 2.44. The first-order chi connectivity index (χ1) is 6.73. The number of carboxylic acids is 1. The van der Waals surface area contributed by atoms with Gasteiger partial charge in [-0.2, -0.15) is 18.3 Å². The molecule has 0 fully saturated rings. The van der Waals surface area contributed by atoms with Crippen LogP contribution in [-0.2, 0) is 18.0 Å². The van der Waals surface area contributed by atoms with Crippen molar-refractivity contribution in [1.82, 2.24) is 9.78 Å². The molecule has 0 saturated heterocycles. The third-order valence-corrected chi connectivity index (χ3v) is 2.00. The van der Waals surface area contributed by atoms with E-state index >= 15 is 0 Å². The Morgan fingerprint density at radius 3 is 2.47 bits per heavy atom. The fourth-order valence-corrected chi connectivity index (χ4v) is 1.09. The molecule has 0 spiro atoms. The number of carbonyl (C=O) groups is 1. The van der Waals surface area contributed by atoms with Crippen LogP contribution in [0.5, 0.6) is 0 Å². The second-order valence-corrected chi connectivity index (χ2v) is 3.14. The summed E-state index contributed by atoms with van der Waals surface area (Å²) in [6.45, 7) is 1.28. The number of carboxylic acid groups (broad SMARTS) is 1. The van der Waals surface area contributed by atoms with E-state index in [1.54, 1.807) is 0 Å². The van der Waals surface area contributed by atoms with E-state index in [1.165, 1.54) is 6.92 Å². The molecule has 0 radical (unpaired) electrons. The van der Waals surface area contributed by atoms with Gasteiger partial charge in [-0.3, -0.25) is 9.48 Å². The zero-order valence-electron chi connectivity index (χ0n) is 8.04. The molecule has 15 heavy (non-hydrogen) atoms. The molecule has 1 heterocycles. The summed E-state index contributed by atoms with van der Waals surface area (Å²) >= 11 is 0. The highest BCUT2D eigenvalue weighted by atomic mass is 19.4. The Bertz CT molecular complexity index is 384. The van der Waals surface area contributed by atoms with Crippen molar-refractivity contribution in [2.75, 3.05) is 0 Å². The zero-order chi connectivity index (χ0) is 11.8. The normalized spacial score (nSPS) is 13.9. The van der Waals surface area contributed by atoms with Crippen LogP contribution in [0.15, 0.2) is 6.07 Å². The number of alkyl halides is 3. The Kier molecular flexibility index (Phi) is 2.74. The van der Waals surface area contributed by atoms with Crippen LogP contribution < -0.4 is 0 Å². The van der Waals surface area contributed by atoms with E-state index in [9.17, 15) is 18.0 Å². The predicted molar refractivity (Wildman–Crippen MR) is 44.3 cm³/mol. The predicted octanol–water partition coefficient (Wildman–Crippen LogP) is 1.63. The van der Waals surface area contributed by atoms with Crippen LogP contribution in [0.25, 0.3) is 0 Å². The molecule has 0 amide bonds. The largest absolute Gasteiger partial charge is 0.481 e. The van der Waals surface area contributed by atoms with Crippen molar-refractivity contribution in [1.29, 1.82) is 0 Å². The van der Waals surface area contributed by atoms with Gasteiger partial charge in [-0.05, 0) is 13.0 Å². The minimum Gasteiger partial charge on any atom is -0.481 e. The molecule has 1 aromatic rings. The van der Waals surface area contributed by atoms with E-state index < -0.39 is 23.8 Å². The molecule has 0 aliphatic carbocycles. The lowest BCUT2D eigenvalue weighted by atomic mass is 10.1. The van der Waals surface area contributed by atoms with Crippen LogP contribution in [0.1, 0.15) is 24.2 Å². The lowest BCUT2D eigenvalue weighted by Crippen LogP contribution is -2.11. The molecule has 0 aliphatic rings. The molecule has 7 heteroatoms. The van der Waals surface area contributed by atoms with Gasteiger partial charge in [0.15, 0.2) is 0 Å². The van der Waals surface area contributed by atoms with E-state index in [4.69, 9.17) is 5.11 Å². The first-order valence-corrected chi connectivity index (χ1v) is 4.07. The summed E-state index contributed by atoms with van der Waals surface area (Å²) < 4.78 is 37.6. The summed E-state index contributed by atoms with van der Waals surface area (Å²) in [5, 5.41) is 12.1. The molecule has 84 valence electrons. The van der Waals surface area contributed by atoms with E-state index in [0.717, 1.165) is 13.1 Å². The highest BCUT2D eigenvalue weighted by Crippen LogP contribution is 2.30. The minimum atomic E-state index is -4.52. The van der Waals surface area contributed by atoms with Gasteiger partial charge < -0.3 is 5.11 Å². The lowest BCUT2D eigenvalue weighted by Gasteiger charge is -2.04. The maximum atomic E-state index is 12.3. The van der Waals surface area contributed by atoms with Crippen LogP contribution in [0.3, 0.4) is 0 Å². The summed E-state index contributed by atoms with van der Waals surface area (Å²) in [5.41, 5.74) is -1.05. The van der Waals surface area contributed by atoms with Gasteiger partial charge in [0.25, 0.3) is 0 Å². The van der Waals surface area contributed by atoms with Gasteiger partial charge in [0.2, 0.25) is 0 Å². The molecule has 0 aromatic carbocycles. The Morgan fingerprint density at radius 2 is 2.13 bits per heavy atom. The third kappa shape index (κ3) is 2.28. The molecule has 0 bridgehead atoms. The standard InChI is InChI=1S/C8H9F3N2O2/c1-4(7(14)15)5-3-6(8(9,10)11)13(2)12-5/h3-4H,1-2H3,(H,14,15). The Morgan fingerprint density at radius 1 is 1.60 bits per heavy atom. The second kappa shape index (κ2) is 3.56. The molecule has 1 N–H and O–H groups in total. The van der Waals surface area contributed by atoms with E-state index in [2.05, 4.69) is 5.10 Å². The summed E-state index contributed by atoms with van der Waals surface area (Å²) in [5.74, 6) is -2.26. The first kappa shape index (κ1) is 11.5. The van der Waals surface area contributed by atoms with E-state index in [1.807, 2.05) is 0 Å². The third-order valence-electron chi connectivity index (χ3n) is 2.00. The molecule has 4 nitrogen and oxygen atoms in total. The molecular weight excluding hydrogens is 213 g/mol. The van der Waals surface area contributed by atoms with Crippen molar-refractivity contribution >= 4 is 5.97 Å². The summed E-state index contributed by atoms with van der Waals surface area (Å²) in [4.78, 5) is 10.5. The topological polar surface area (TPSA) is 55.1 Å². The lowest BCUT2D eigenvalue weighted by molar-refractivity contribution is -0.143. The maximum Gasteiger partial charge on any atom is 0.433 e. The van der Waals surface area contributed by atoms with Crippen LogP contribution in [0, 0.1) is 0 Å². The fourth-order valence-electron chi connectivity index (χ4n) is 1.09. The number of hydrogen-bond acceptors (Lipinski definition) is 2. The smallest absolute Gasteiger partial charge is 0.433 e. The number of halogens is 3. The molecule has 1 rings (SSSR count). The summed E-state index contributed by atoms with van der Waals surface area (Å²) in [6.07, 6.45) is -4.52. The SMILES string of the molecule is CC(C(=O)O)c1cc(C(F)(F)F)n(C)n1. The molecule has 0 saturated carbocycles. The van der Waals surface area contributed by atoms with E-state index in [0.29, 0.717) is 4.68 Å². The van der Waals surface area contributed by atoms with Crippen LogP contribution in [0.2, 0.25) is 0 Å². The van der Waals surface area contributed by atoms with Gasteiger partial charge in [-0.1, -0.05) is 0 Å². The highest BCUT2D eigenvalue weighted by molar-refractivity contribution is 5.74. The summed E-state index contributed by atoms with van der Waals surface area (Å²) in [6, 6.07) is 0.749. The highest BCUT2D eigenvalue weighted by Gasteiger charge is 2.35. The molecular formula is C8H9F3N2O2.